The minimum absolute atomic E-state index is 0.0284. The van der Waals surface area contributed by atoms with Crippen LogP contribution in [0, 0.1) is 0 Å². The van der Waals surface area contributed by atoms with Crippen molar-refractivity contribution in [2.75, 3.05) is 7.11 Å². The fraction of sp³-hybridized carbons (Fsp3) is 0.130. The molecular formula is C23H17Cl2NO5. The van der Waals surface area contributed by atoms with E-state index in [2.05, 4.69) is 0 Å². The lowest BCUT2D eigenvalue weighted by Crippen LogP contribution is -2.29. The van der Waals surface area contributed by atoms with Crippen molar-refractivity contribution < 1.29 is 23.8 Å². The molecule has 1 aliphatic heterocycles. The highest BCUT2D eigenvalue weighted by molar-refractivity contribution is 6.47. The number of Topliss-reactive ketones (excluding diaryl/α,β-unsaturated/α-hetero) is 1. The molecule has 0 radical (unpaired) electrons. The summed E-state index contributed by atoms with van der Waals surface area (Å²) in [6, 6.07) is 13.8. The quantitative estimate of drug-likeness (QED) is 0.322. The number of rotatable bonds is 5. The molecule has 6 nitrogen and oxygen atoms in total. The van der Waals surface area contributed by atoms with Crippen LogP contribution < -0.4 is 4.74 Å². The van der Waals surface area contributed by atoms with Gasteiger partial charge in [0.1, 0.15) is 17.3 Å². The molecule has 0 bridgehead atoms. The van der Waals surface area contributed by atoms with Gasteiger partial charge in [-0.3, -0.25) is 9.59 Å². The van der Waals surface area contributed by atoms with Gasteiger partial charge in [-0.15, -0.1) is 0 Å². The first-order valence-electron chi connectivity index (χ1n) is 9.31. The van der Waals surface area contributed by atoms with Gasteiger partial charge in [0.05, 0.1) is 31.5 Å². The van der Waals surface area contributed by atoms with Crippen molar-refractivity contribution in [1.82, 2.24) is 4.90 Å². The highest BCUT2D eigenvalue weighted by Crippen LogP contribution is 2.43. The van der Waals surface area contributed by atoms with Gasteiger partial charge >= 0.3 is 0 Å². The number of benzene rings is 2. The molecule has 8 heteroatoms. The van der Waals surface area contributed by atoms with Gasteiger partial charge < -0.3 is 19.2 Å². The van der Waals surface area contributed by atoms with Crippen LogP contribution in [0.1, 0.15) is 22.9 Å². The van der Waals surface area contributed by atoms with E-state index in [0.717, 1.165) is 0 Å². The van der Waals surface area contributed by atoms with Gasteiger partial charge in [0.25, 0.3) is 11.7 Å². The Morgan fingerprint density at radius 2 is 1.87 bits per heavy atom. The first kappa shape index (κ1) is 21.0. The number of ether oxygens (including phenoxy) is 1. The number of likely N-dealkylation sites (tertiary alicyclic amines) is 1. The van der Waals surface area contributed by atoms with Crippen molar-refractivity contribution in [3.63, 3.8) is 0 Å². The summed E-state index contributed by atoms with van der Waals surface area (Å²) in [6.45, 7) is 0.0284. The molecule has 2 aromatic carbocycles. The molecule has 4 rings (SSSR count). The Morgan fingerprint density at radius 3 is 2.48 bits per heavy atom. The monoisotopic (exact) mass is 457 g/mol. The Balaban J connectivity index is 1.88. The van der Waals surface area contributed by atoms with Gasteiger partial charge in [0.2, 0.25) is 0 Å². The van der Waals surface area contributed by atoms with Crippen LogP contribution in [0.4, 0.5) is 0 Å². The predicted molar refractivity (Wildman–Crippen MR) is 116 cm³/mol. The molecule has 0 unspecified atom stereocenters. The van der Waals surface area contributed by atoms with Crippen LogP contribution >= 0.6 is 23.2 Å². The Labute approximate surface area is 188 Å². The number of aliphatic hydroxyl groups is 1. The lowest BCUT2D eigenvalue weighted by molar-refractivity contribution is -0.140. The van der Waals surface area contributed by atoms with Crippen molar-refractivity contribution in [1.29, 1.82) is 0 Å². The zero-order valence-electron chi connectivity index (χ0n) is 16.3. The van der Waals surface area contributed by atoms with Gasteiger partial charge in [0, 0.05) is 15.6 Å². The van der Waals surface area contributed by atoms with Crippen LogP contribution in [0.3, 0.4) is 0 Å². The molecule has 1 amide bonds. The molecule has 0 aliphatic carbocycles. The molecular weight excluding hydrogens is 441 g/mol. The van der Waals surface area contributed by atoms with E-state index in [-0.39, 0.29) is 22.9 Å². The fourth-order valence-electron chi connectivity index (χ4n) is 3.56. The van der Waals surface area contributed by atoms with Crippen molar-refractivity contribution in [2.24, 2.45) is 0 Å². The number of methoxy groups -OCH3 is 1. The SMILES string of the molecule is COc1ccc(C(O)=C2C(=O)C(=O)N(Cc3ccco3)[C@H]2c2ccc(Cl)cc2Cl)cc1. The maximum atomic E-state index is 13.0. The van der Waals surface area contributed by atoms with Gasteiger partial charge in [0.15, 0.2) is 0 Å². The summed E-state index contributed by atoms with van der Waals surface area (Å²) in [4.78, 5) is 27.3. The lowest BCUT2D eigenvalue weighted by Gasteiger charge is -2.25. The molecule has 3 aromatic rings. The average molecular weight is 458 g/mol. The highest BCUT2D eigenvalue weighted by atomic mass is 35.5. The molecule has 0 saturated carbocycles. The number of carbonyl (C=O) groups excluding carboxylic acids is 2. The molecule has 1 N–H and O–H groups in total. The van der Waals surface area contributed by atoms with Crippen molar-refractivity contribution >= 4 is 40.7 Å². The third-order valence-corrected chi connectivity index (χ3v) is 5.63. The maximum Gasteiger partial charge on any atom is 0.296 e. The number of carbonyl (C=O) groups is 2. The Bertz CT molecular complexity index is 1170. The van der Waals surface area contributed by atoms with E-state index in [0.29, 0.717) is 27.7 Å². The molecule has 1 aliphatic rings. The average Bonchev–Trinajstić information content (AvgIpc) is 3.36. The van der Waals surface area contributed by atoms with Crippen LogP contribution in [-0.4, -0.2) is 28.8 Å². The summed E-state index contributed by atoms with van der Waals surface area (Å²) in [5, 5.41) is 11.7. The minimum atomic E-state index is -0.919. The molecule has 1 fully saturated rings. The summed E-state index contributed by atoms with van der Waals surface area (Å²) in [6.07, 6.45) is 1.48. The normalized spacial score (nSPS) is 17.9. The molecule has 1 saturated heterocycles. The second-order valence-corrected chi connectivity index (χ2v) is 7.74. The zero-order valence-corrected chi connectivity index (χ0v) is 17.9. The van der Waals surface area contributed by atoms with Crippen molar-refractivity contribution in [3.05, 3.63) is 93.4 Å². The molecule has 0 spiro atoms. The topological polar surface area (TPSA) is 80.0 Å². The first-order chi connectivity index (χ1) is 14.9. The van der Waals surface area contributed by atoms with E-state index in [4.69, 9.17) is 32.4 Å². The van der Waals surface area contributed by atoms with E-state index in [9.17, 15) is 14.7 Å². The Kier molecular flexibility index (Phi) is 5.76. The number of aliphatic hydroxyl groups excluding tert-OH is 1. The summed E-state index contributed by atoms with van der Waals surface area (Å²) in [5.74, 6) is -0.800. The molecule has 158 valence electrons. The van der Waals surface area contributed by atoms with Crippen LogP contribution in [-0.2, 0) is 16.1 Å². The Morgan fingerprint density at radius 1 is 1.13 bits per heavy atom. The van der Waals surface area contributed by atoms with E-state index in [1.165, 1.54) is 24.3 Å². The molecule has 2 heterocycles. The van der Waals surface area contributed by atoms with E-state index >= 15 is 0 Å². The first-order valence-corrected chi connectivity index (χ1v) is 10.1. The van der Waals surface area contributed by atoms with E-state index in [1.54, 1.807) is 48.5 Å². The van der Waals surface area contributed by atoms with Crippen LogP contribution in [0.15, 0.2) is 70.9 Å². The highest BCUT2D eigenvalue weighted by Gasteiger charge is 2.47. The van der Waals surface area contributed by atoms with Gasteiger partial charge in [-0.1, -0.05) is 29.3 Å². The summed E-state index contributed by atoms with van der Waals surface area (Å²) in [5.41, 5.74) is 0.768. The number of halogens is 2. The third-order valence-electron chi connectivity index (χ3n) is 5.07. The molecule has 1 aromatic heterocycles. The fourth-order valence-corrected chi connectivity index (χ4v) is 4.08. The minimum Gasteiger partial charge on any atom is -0.507 e. The largest absolute Gasteiger partial charge is 0.507 e. The third kappa shape index (κ3) is 3.92. The van der Waals surface area contributed by atoms with Gasteiger partial charge in [-0.25, -0.2) is 0 Å². The van der Waals surface area contributed by atoms with E-state index < -0.39 is 17.7 Å². The number of furan rings is 1. The van der Waals surface area contributed by atoms with E-state index in [1.807, 2.05) is 0 Å². The lowest BCUT2D eigenvalue weighted by atomic mass is 9.95. The summed E-state index contributed by atoms with van der Waals surface area (Å²) >= 11 is 12.5. The number of nitrogens with zero attached hydrogens (tertiary/aromatic N) is 1. The van der Waals surface area contributed by atoms with Gasteiger partial charge in [-0.05, 0) is 54.1 Å². The number of ketones is 1. The van der Waals surface area contributed by atoms with Crippen LogP contribution in [0.2, 0.25) is 10.0 Å². The smallest absolute Gasteiger partial charge is 0.296 e. The maximum absolute atomic E-state index is 13.0. The standard InChI is InChI=1S/C23H17Cl2NO5/c1-30-15-7-4-13(5-8-15)21(27)19-20(17-9-6-14(24)11-18(17)25)26(23(29)22(19)28)12-16-3-2-10-31-16/h2-11,20,27H,12H2,1H3/t20-/m0/s1. The zero-order chi connectivity index (χ0) is 22.1. The number of amides is 1. The Hall–Kier alpha value is -3.22. The van der Waals surface area contributed by atoms with Crippen molar-refractivity contribution in [3.8, 4) is 5.75 Å². The van der Waals surface area contributed by atoms with Crippen LogP contribution in [0.25, 0.3) is 5.76 Å². The van der Waals surface area contributed by atoms with Gasteiger partial charge in [-0.2, -0.15) is 0 Å². The predicted octanol–water partition coefficient (Wildman–Crippen LogP) is 5.22. The second kappa shape index (κ2) is 8.49. The summed E-state index contributed by atoms with van der Waals surface area (Å²) in [7, 11) is 1.53. The second-order valence-electron chi connectivity index (χ2n) is 6.90. The number of hydrogen-bond donors (Lipinski definition) is 1. The van der Waals surface area contributed by atoms with Crippen molar-refractivity contribution in [2.45, 2.75) is 12.6 Å². The molecule has 31 heavy (non-hydrogen) atoms. The van der Waals surface area contributed by atoms with Crippen LogP contribution in [0.5, 0.6) is 5.75 Å². The number of hydrogen-bond acceptors (Lipinski definition) is 5. The summed E-state index contributed by atoms with van der Waals surface area (Å²) < 4.78 is 10.5. The molecule has 1 atom stereocenters.